The number of fused-ring (bicyclic) bond motifs is 1. The standard InChI is InChI=1S/C20H14Cl3F3N4O/c21-11-3-1-10(2-4-11)14-8-17(20(24,25)26)30-18(27-14)9-16(29-30)19(31)28-15-7-12(22)5-6-13(15)23/h1-7,9,14,17,27H,8H2,(H,28,31)/t14-,17-/m1/s1. The molecule has 5 nitrogen and oxygen atoms in total. The number of amides is 1. The van der Waals surface area contributed by atoms with Crippen molar-refractivity contribution in [3.05, 3.63) is 74.9 Å². The van der Waals surface area contributed by atoms with Crippen molar-refractivity contribution in [2.75, 3.05) is 10.6 Å². The third-order valence-electron chi connectivity index (χ3n) is 4.87. The van der Waals surface area contributed by atoms with E-state index in [0.29, 0.717) is 15.6 Å². The lowest BCUT2D eigenvalue weighted by Crippen LogP contribution is -2.35. The molecule has 162 valence electrons. The average molecular weight is 490 g/mol. The predicted octanol–water partition coefficient (Wildman–Crippen LogP) is 6.76. The molecule has 1 aliphatic rings. The maximum atomic E-state index is 13.8. The Kier molecular flexibility index (Phi) is 5.81. The highest BCUT2D eigenvalue weighted by molar-refractivity contribution is 6.35. The molecule has 1 aromatic heterocycles. The van der Waals surface area contributed by atoms with E-state index in [-0.39, 0.29) is 28.6 Å². The summed E-state index contributed by atoms with van der Waals surface area (Å²) in [6, 6.07) is 9.76. The lowest BCUT2D eigenvalue weighted by Gasteiger charge is -2.33. The number of carbonyl (C=O) groups is 1. The van der Waals surface area contributed by atoms with Crippen molar-refractivity contribution in [1.29, 1.82) is 0 Å². The minimum absolute atomic E-state index is 0.0795. The molecule has 1 amide bonds. The summed E-state index contributed by atoms with van der Waals surface area (Å²) in [4.78, 5) is 12.6. The molecule has 0 unspecified atom stereocenters. The molecular weight excluding hydrogens is 476 g/mol. The smallest absolute Gasteiger partial charge is 0.363 e. The summed E-state index contributed by atoms with van der Waals surface area (Å²) < 4.78 is 42.1. The highest BCUT2D eigenvalue weighted by Gasteiger charge is 2.46. The van der Waals surface area contributed by atoms with Gasteiger partial charge in [0.25, 0.3) is 5.91 Å². The zero-order valence-electron chi connectivity index (χ0n) is 15.6. The Morgan fingerprint density at radius 1 is 1.06 bits per heavy atom. The quantitative estimate of drug-likeness (QED) is 0.427. The number of nitrogens with one attached hydrogen (secondary N) is 2. The summed E-state index contributed by atoms with van der Waals surface area (Å²) in [6.07, 6.45) is -4.85. The van der Waals surface area contributed by atoms with Crippen molar-refractivity contribution in [2.45, 2.75) is 24.7 Å². The van der Waals surface area contributed by atoms with Crippen molar-refractivity contribution >= 4 is 52.2 Å². The highest BCUT2D eigenvalue weighted by atomic mass is 35.5. The van der Waals surface area contributed by atoms with Crippen molar-refractivity contribution in [2.24, 2.45) is 0 Å². The summed E-state index contributed by atoms with van der Waals surface area (Å²) in [7, 11) is 0. The van der Waals surface area contributed by atoms with Gasteiger partial charge in [-0.2, -0.15) is 18.3 Å². The molecule has 4 rings (SSSR count). The molecule has 11 heteroatoms. The molecule has 0 spiro atoms. The number of aromatic nitrogens is 2. The first-order valence-corrected chi connectivity index (χ1v) is 10.2. The second kappa shape index (κ2) is 8.26. The number of nitrogens with zero attached hydrogens (tertiary/aromatic N) is 2. The van der Waals surface area contributed by atoms with E-state index in [1.54, 1.807) is 30.3 Å². The molecule has 3 aromatic rings. The first-order chi connectivity index (χ1) is 14.6. The van der Waals surface area contributed by atoms with Crippen LogP contribution in [0.25, 0.3) is 0 Å². The number of halogens is 6. The maximum absolute atomic E-state index is 13.8. The fraction of sp³-hybridized carbons (Fsp3) is 0.200. The van der Waals surface area contributed by atoms with Crippen LogP contribution >= 0.6 is 34.8 Å². The van der Waals surface area contributed by atoms with Gasteiger partial charge in [0.1, 0.15) is 5.82 Å². The maximum Gasteiger partial charge on any atom is 0.410 e. The van der Waals surface area contributed by atoms with Gasteiger partial charge in [0, 0.05) is 22.5 Å². The van der Waals surface area contributed by atoms with E-state index in [2.05, 4.69) is 15.7 Å². The fourth-order valence-electron chi connectivity index (χ4n) is 3.38. The van der Waals surface area contributed by atoms with Crippen molar-refractivity contribution in [3.8, 4) is 0 Å². The third kappa shape index (κ3) is 4.61. The third-order valence-corrected chi connectivity index (χ3v) is 5.69. The van der Waals surface area contributed by atoms with Crippen LogP contribution in [0.2, 0.25) is 15.1 Å². The van der Waals surface area contributed by atoms with Crippen LogP contribution in [0.3, 0.4) is 0 Å². The van der Waals surface area contributed by atoms with E-state index < -0.39 is 24.2 Å². The van der Waals surface area contributed by atoms with Gasteiger partial charge in [0.15, 0.2) is 11.7 Å². The number of benzene rings is 2. The lowest BCUT2D eigenvalue weighted by atomic mass is 9.97. The summed E-state index contributed by atoms with van der Waals surface area (Å²) in [5, 5.41) is 10.5. The monoisotopic (exact) mass is 488 g/mol. The van der Waals surface area contributed by atoms with Crippen molar-refractivity contribution in [1.82, 2.24) is 9.78 Å². The number of hydrogen-bond acceptors (Lipinski definition) is 3. The minimum Gasteiger partial charge on any atom is -0.363 e. The average Bonchev–Trinajstić information content (AvgIpc) is 3.14. The Bertz CT molecular complexity index is 1130. The van der Waals surface area contributed by atoms with Gasteiger partial charge in [-0.3, -0.25) is 4.79 Å². The van der Waals surface area contributed by atoms with Gasteiger partial charge >= 0.3 is 6.18 Å². The first-order valence-electron chi connectivity index (χ1n) is 9.06. The Morgan fingerprint density at radius 3 is 2.42 bits per heavy atom. The second-order valence-electron chi connectivity index (χ2n) is 6.98. The topological polar surface area (TPSA) is 59.0 Å². The molecule has 0 bridgehead atoms. The van der Waals surface area contributed by atoms with Crippen LogP contribution in [0.4, 0.5) is 24.7 Å². The van der Waals surface area contributed by atoms with Crippen LogP contribution in [-0.4, -0.2) is 21.9 Å². The van der Waals surface area contributed by atoms with Crippen LogP contribution in [-0.2, 0) is 0 Å². The Morgan fingerprint density at radius 2 is 1.74 bits per heavy atom. The van der Waals surface area contributed by atoms with Gasteiger partial charge in [-0.05, 0) is 35.9 Å². The van der Waals surface area contributed by atoms with E-state index in [0.717, 1.165) is 4.68 Å². The first kappa shape index (κ1) is 21.8. The molecule has 0 radical (unpaired) electrons. The van der Waals surface area contributed by atoms with Gasteiger partial charge in [0.05, 0.1) is 16.8 Å². The summed E-state index contributed by atoms with van der Waals surface area (Å²) >= 11 is 17.8. The molecule has 2 heterocycles. The molecule has 2 N–H and O–H groups in total. The highest BCUT2D eigenvalue weighted by Crippen LogP contribution is 2.43. The van der Waals surface area contributed by atoms with Crippen LogP contribution in [0.15, 0.2) is 48.5 Å². The van der Waals surface area contributed by atoms with Crippen LogP contribution in [0.5, 0.6) is 0 Å². The summed E-state index contributed by atoms with van der Waals surface area (Å²) in [6.45, 7) is 0. The molecular formula is C20H14Cl3F3N4O. The van der Waals surface area contributed by atoms with Gasteiger partial charge in [-0.15, -0.1) is 0 Å². The zero-order valence-corrected chi connectivity index (χ0v) is 17.8. The number of alkyl halides is 3. The van der Waals surface area contributed by atoms with Gasteiger partial charge < -0.3 is 10.6 Å². The SMILES string of the molecule is O=C(Nc1cc(Cl)ccc1Cl)c1cc2n(n1)[C@@H](C(F)(F)F)C[C@H](c1ccc(Cl)cc1)N2. The van der Waals surface area contributed by atoms with Crippen molar-refractivity contribution in [3.63, 3.8) is 0 Å². The number of carbonyl (C=O) groups excluding carboxylic acids is 1. The predicted molar refractivity (Wildman–Crippen MR) is 114 cm³/mol. The van der Waals surface area contributed by atoms with Gasteiger partial charge in [0.2, 0.25) is 0 Å². The molecule has 2 aromatic carbocycles. The van der Waals surface area contributed by atoms with E-state index in [9.17, 15) is 18.0 Å². The number of hydrogen-bond donors (Lipinski definition) is 2. The second-order valence-corrected chi connectivity index (χ2v) is 8.26. The summed E-state index contributed by atoms with van der Waals surface area (Å²) in [5.41, 5.74) is 0.678. The summed E-state index contributed by atoms with van der Waals surface area (Å²) in [5.74, 6) is -0.632. The Labute approximate surface area is 190 Å². The lowest BCUT2D eigenvalue weighted by molar-refractivity contribution is -0.173. The van der Waals surface area contributed by atoms with Gasteiger partial charge in [-0.25, -0.2) is 4.68 Å². The van der Waals surface area contributed by atoms with E-state index in [1.165, 1.54) is 18.2 Å². The number of anilines is 2. The van der Waals surface area contributed by atoms with Crippen LogP contribution in [0.1, 0.15) is 34.6 Å². The minimum atomic E-state index is -4.56. The Balaban J connectivity index is 1.65. The molecule has 0 saturated carbocycles. The molecule has 1 aliphatic heterocycles. The molecule has 31 heavy (non-hydrogen) atoms. The van der Waals surface area contributed by atoms with Gasteiger partial charge in [-0.1, -0.05) is 46.9 Å². The van der Waals surface area contributed by atoms with E-state index in [1.807, 2.05) is 0 Å². The molecule has 0 fully saturated rings. The van der Waals surface area contributed by atoms with Crippen LogP contribution < -0.4 is 10.6 Å². The largest absolute Gasteiger partial charge is 0.410 e. The fourth-order valence-corrected chi connectivity index (χ4v) is 3.84. The van der Waals surface area contributed by atoms with E-state index in [4.69, 9.17) is 34.8 Å². The number of rotatable bonds is 3. The Hall–Kier alpha value is -2.42. The van der Waals surface area contributed by atoms with Crippen molar-refractivity contribution < 1.29 is 18.0 Å². The zero-order chi connectivity index (χ0) is 22.3. The van der Waals surface area contributed by atoms with E-state index >= 15 is 0 Å². The normalized spacial score (nSPS) is 18.3. The molecule has 0 aliphatic carbocycles. The molecule has 2 atom stereocenters. The van der Waals surface area contributed by atoms with Crippen LogP contribution in [0, 0.1) is 0 Å². The molecule has 0 saturated heterocycles.